The average Bonchev–Trinajstić information content (AvgIpc) is 2.65. The van der Waals surface area contributed by atoms with Gasteiger partial charge in [0.1, 0.15) is 0 Å². The first-order valence-electron chi connectivity index (χ1n) is 6.16. The molecule has 1 aromatic rings. The van der Waals surface area contributed by atoms with E-state index >= 15 is 0 Å². The number of carbonyl (C=O) groups is 1. The van der Waals surface area contributed by atoms with Gasteiger partial charge in [0.25, 0.3) is 0 Å². The molecular weight excluding hydrogens is 377 g/mol. The quantitative estimate of drug-likeness (QED) is 0.740. The van der Waals surface area contributed by atoms with Gasteiger partial charge >= 0.3 is 6.09 Å². The Morgan fingerprint density at radius 1 is 1.53 bits per heavy atom. The Hall–Kier alpha value is -0.340. The second-order valence-corrected chi connectivity index (χ2v) is 8.36. The molecule has 4 nitrogen and oxygen atoms in total. The van der Waals surface area contributed by atoms with Crippen molar-refractivity contribution in [2.75, 3.05) is 13.7 Å². The van der Waals surface area contributed by atoms with Gasteiger partial charge in [0.2, 0.25) is 6.29 Å². The maximum atomic E-state index is 11.4. The fourth-order valence-electron chi connectivity index (χ4n) is 2.18. The van der Waals surface area contributed by atoms with Gasteiger partial charge in [0.05, 0.1) is 9.49 Å². The zero-order valence-electron chi connectivity index (χ0n) is 11.5. The number of alkyl carbamates (subject to hydrolysis) is 1. The Labute approximate surface area is 131 Å². The molecule has 0 bridgehead atoms. The maximum Gasteiger partial charge on any atom is 0.409 e. The van der Waals surface area contributed by atoms with Crippen LogP contribution in [0.4, 0.5) is 4.79 Å². The summed E-state index contributed by atoms with van der Waals surface area (Å²) < 4.78 is 12.2. The Bertz CT molecular complexity index is 493. The lowest BCUT2D eigenvalue weighted by molar-refractivity contribution is -0.114. The zero-order valence-corrected chi connectivity index (χ0v) is 14.5. The van der Waals surface area contributed by atoms with Crippen LogP contribution in [0.1, 0.15) is 43.1 Å². The van der Waals surface area contributed by atoms with Crippen LogP contribution < -0.4 is 5.32 Å². The summed E-state index contributed by atoms with van der Waals surface area (Å²) in [4.78, 5) is 12.7. The fourth-order valence-corrected chi connectivity index (χ4v) is 5.31. The molecule has 0 fully saturated rings. The molecule has 2 rings (SSSR count). The Morgan fingerprint density at radius 2 is 2.21 bits per heavy atom. The van der Waals surface area contributed by atoms with Crippen LogP contribution in [0.5, 0.6) is 0 Å². The van der Waals surface area contributed by atoms with Crippen LogP contribution in [-0.4, -0.2) is 19.7 Å². The van der Waals surface area contributed by atoms with Crippen molar-refractivity contribution in [2.24, 2.45) is 0 Å². The number of rotatable bonds is 1. The lowest BCUT2D eigenvalue weighted by Crippen LogP contribution is -2.28. The van der Waals surface area contributed by atoms with Gasteiger partial charge in [-0.15, -0.1) is 11.3 Å². The first-order chi connectivity index (χ1) is 8.84. The zero-order chi connectivity index (χ0) is 14.2. The molecule has 1 N–H and O–H groups in total. The Kier molecular flexibility index (Phi) is 4.42. The highest BCUT2D eigenvalue weighted by Gasteiger charge is 2.35. The van der Waals surface area contributed by atoms with Crippen LogP contribution in [-0.2, 0) is 21.3 Å². The highest BCUT2D eigenvalue weighted by atomic mass is 127. The summed E-state index contributed by atoms with van der Waals surface area (Å²) >= 11 is 4.14. The molecule has 1 aliphatic heterocycles. The summed E-state index contributed by atoms with van der Waals surface area (Å²) in [6, 6.07) is 0. The third-order valence-corrected chi connectivity index (χ3v) is 5.24. The smallest absolute Gasteiger partial charge is 0.409 e. The third kappa shape index (κ3) is 3.05. The predicted octanol–water partition coefficient (Wildman–Crippen LogP) is 3.58. The normalized spacial score (nSPS) is 18.9. The van der Waals surface area contributed by atoms with E-state index in [-0.39, 0.29) is 5.41 Å². The van der Waals surface area contributed by atoms with Crippen molar-refractivity contribution < 1.29 is 14.3 Å². The lowest BCUT2D eigenvalue weighted by Gasteiger charge is -2.28. The van der Waals surface area contributed by atoms with Crippen molar-refractivity contribution >= 4 is 40.0 Å². The van der Waals surface area contributed by atoms with Gasteiger partial charge in [-0.05, 0) is 33.6 Å². The standard InChI is InChI=1S/C13H18INO3S/c1-13(2,3)9-8-7(19-10(9)14)5-6-17-11(8)18-12(16)15-4/h11H,5-6H2,1-4H3,(H,15,16). The van der Waals surface area contributed by atoms with E-state index in [0.717, 1.165) is 12.0 Å². The van der Waals surface area contributed by atoms with E-state index in [1.807, 2.05) is 0 Å². The second kappa shape index (κ2) is 5.57. The number of thiophene rings is 1. The highest BCUT2D eigenvalue weighted by Crippen LogP contribution is 2.44. The van der Waals surface area contributed by atoms with Gasteiger partial charge in [-0.25, -0.2) is 4.79 Å². The van der Waals surface area contributed by atoms with E-state index in [1.165, 1.54) is 13.3 Å². The molecule has 1 aliphatic rings. The van der Waals surface area contributed by atoms with E-state index in [1.54, 1.807) is 18.4 Å². The first-order valence-corrected chi connectivity index (χ1v) is 8.05. The molecule has 1 aromatic heterocycles. The number of hydrogen-bond donors (Lipinski definition) is 1. The van der Waals surface area contributed by atoms with Gasteiger partial charge in [-0.3, -0.25) is 0 Å². The van der Waals surface area contributed by atoms with E-state index < -0.39 is 12.4 Å². The number of nitrogens with one attached hydrogen (secondary N) is 1. The summed E-state index contributed by atoms with van der Waals surface area (Å²) in [5.74, 6) is 0. The Balaban J connectivity index is 2.44. The van der Waals surface area contributed by atoms with Crippen molar-refractivity contribution in [2.45, 2.75) is 38.9 Å². The molecule has 0 aliphatic carbocycles. The number of ether oxygens (including phenoxy) is 2. The lowest BCUT2D eigenvalue weighted by atomic mass is 9.85. The molecule has 0 radical (unpaired) electrons. The van der Waals surface area contributed by atoms with E-state index in [2.05, 4.69) is 48.7 Å². The number of carbonyl (C=O) groups excluding carboxylic acids is 1. The van der Waals surface area contributed by atoms with Crippen molar-refractivity contribution in [3.05, 3.63) is 18.9 Å². The summed E-state index contributed by atoms with van der Waals surface area (Å²) in [6.45, 7) is 7.10. The molecule has 0 aromatic carbocycles. The number of hydrogen-bond acceptors (Lipinski definition) is 4. The number of halogens is 1. The summed E-state index contributed by atoms with van der Waals surface area (Å²) in [7, 11) is 1.55. The van der Waals surface area contributed by atoms with Gasteiger partial charge in [-0.2, -0.15) is 0 Å². The Morgan fingerprint density at radius 3 is 2.79 bits per heavy atom. The van der Waals surface area contributed by atoms with Gasteiger partial charge in [0, 0.05) is 23.9 Å². The van der Waals surface area contributed by atoms with Crippen LogP contribution >= 0.6 is 33.9 Å². The first kappa shape index (κ1) is 15.1. The molecule has 2 heterocycles. The van der Waals surface area contributed by atoms with Gasteiger partial charge in [-0.1, -0.05) is 20.8 Å². The molecule has 1 atom stereocenters. The van der Waals surface area contributed by atoms with E-state index in [4.69, 9.17) is 9.47 Å². The largest absolute Gasteiger partial charge is 0.415 e. The molecule has 1 amide bonds. The van der Waals surface area contributed by atoms with Crippen LogP contribution in [0.25, 0.3) is 0 Å². The summed E-state index contributed by atoms with van der Waals surface area (Å²) in [6.07, 6.45) is -0.156. The maximum absolute atomic E-state index is 11.4. The SMILES string of the molecule is CNC(=O)OC1OCCc2sc(I)c(C(C)(C)C)c21. The molecule has 106 valence electrons. The second-order valence-electron chi connectivity index (χ2n) is 5.45. The monoisotopic (exact) mass is 395 g/mol. The number of amides is 1. The van der Waals surface area contributed by atoms with Crippen molar-refractivity contribution in [1.29, 1.82) is 0 Å². The van der Waals surface area contributed by atoms with E-state index in [9.17, 15) is 4.79 Å². The third-order valence-electron chi connectivity index (χ3n) is 2.98. The average molecular weight is 395 g/mol. The molecule has 0 saturated heterocycles. The molecular formula is C13H18INO3S. The van der Waals surface area contributed by atoms with Crippen LogP contribution in [0.15, 0.2) is 0 Å². The minimum Gasteiger partial charge on any atom is -0.415 e. The molecule has 1 unspecified atom stereocenters. The summed E-state index contributed by atoms with van der Waals surface area (Å²) in [5.41, 5.74) is 2.30. The van der Waals surface area contributed by atoms with Gasteiger partial charge in [0.15, 0.2) is 0 Å². The van der Waals surface area contributed by atoms with Crippen molar-refractivity contribution in [3.63, 3.8) is 0 Å². The predicted molar refractivity (Wildman–Crippen MR) is 83.7 cm³/mol. The highest BCUT2D eigenvalue weighted by molar-refractivity contribution is 14.1. The summed E-state index contributed by atoms with van der Waals surface area (Å²) in [5, 5.41) is 2.47. The minimum atomic E-state index is -0.585. The van der Waals surface area contributed by atoms with Crippen LogP contribution in [0.3, 0.4) is 0 Å². The van der Waals surface area contributed by atoms with E-state index in [0.29, 0.717) is 6.61 Å². The fraction of sp³-hybridized carbons (Fsp3) is 0.615. The number of fused-ring (bicyclic) bond motifs is 1. The molecule has 19 heavy (non-hydrogen) atoms. The van der Waals surface area contributed by atoms with Gasteiger partial charge < -0.3 is 14.8 Å². The van der Waals surface area contributed by atoms with Crippen LogP contribution in [0.2, 0.25) is 0 Å². The van der Waals surface area contributed by atoms with Crippen LogP contribution in [0, 0.1) is 2.88 Å². The molecule has 0 spiro atoms. The van der Waals surface area contributed by atoms with Crippen molar-refractivity contribution in [3.8, 4) is 0 Å². The molecule has 6 heteroatoms. The van der Waals surface area contributed by atoms with Crippen molar-refractivity contribution in [1.82, 2.24) is 5.32 Å². The molecule has 0 saturated carbocycles. The minimum absolute atomic E-state index is 0.00556. The topological polar surface area (TPSA) is 47.6 Å².